The van der Waals surface area contributed by atoms with E-state index in [0.717, 1.165) is 21.9 Å². The summed E-state index contributed by atoms with van der Waals surface area (Å²) < 4.78 is 16.9. The molecule has 2 bridgehead atoms. The van der Waals surface area contributed by atoms with Gasteiger partial charge in [0.05, 0.1) is 5.92 Å². The van der Waals surface area contributed by atoms with Gasteiger partial charge in [0.2, 0.25) is 0 Å². The van der Waals surface area contributed by atoms with Crippen LogP contribution in [-0.2, 0) is 35.0 Å². The minimum absolute atomic E-state index is 0.200. The maximum atomic E-state index is 13.0. The Labute approximate surface area is 197 Å². The standard InChI is InChI=1S/C28H26O6/c1-16-12-21-14-20(28(31)32-21)15-24-26(17(2)27(30)34-24)23(13-16)33-25(29)11-10-19-8-5-7-18-6-3-4-9-22(18)19/h3-9,13-14,21,23-24,26H,2,10-12,15H2,1H3/b16-13+/t21-,23-,24+,26+/m1/s1. The fourth-order valence-corrected chi connectivity index (χ4v) is 5.07. The van der Waals surface area contributed by atoms with Gasteiger partial charge in [0.15, 0.2) is 0 Å². The van der Waals surface area contributed by atoms with Crippen molar-refractivity contribution in [3.05, 3.63) is 83.5 Å². The molecule has 0 N–H and O–H groups in total. The number of aryl methyl sites for hydroxylation is 1. The van der Waals surface area contributed by atoms with Crippen molar-refractivity contribution in [1.82, 2.24) is 0 Å². The first-order chi connectivity index (χ1) is 16.4. The molecule has 1 fully saturated rings. The van der Waals surface area contributed by atoms with Crippen LogP contribution in [0.2, 0.25) is 0 Å². The minimum Gasteiger partial charge on any atom is -0.458 e. The van der Waals surface area contributed by atoms with E-state index in [-0.39, 0.29) is 30.5 Å². The lowest BCUT2D eigenvalue weighted by Crippen LogP contribution is -2.33. The van der Waals surface area contributed by atoms with Crippen molar-refractivity contribution in [2.24, 2.45) is 5.92 Å². The zero-order valence-electron chi connectivity index (χ0n) is 19.0. The van der Waals surface area contributed by atoms with Crippen LogP contribution >= 0.6 is 0 Å². The Hall–Kier alpha value is -3.67. The molecule has 1 saturated heterocycles. The summed E-state index contributed by atoms with van der Waals surface area (Å²) in [5, 5.41) is 2.24. The molecule has 0 saturated carbocycles. The van der Waals surface area contributed by atoms with E-state index in [2.05, 4.69) is 6.58 Å². The van der Waals surface area contributed by atoms with Gasteiger partial charge in [0.25, 0.3) is 0 Å². The number of esters is 3. The number of rotatable bonds is 4. The zero-order valence-corrected chi connectivity index (χ0v) is 19.0. The van der Waals surface area contributed by atoms with Crippen LogP contribution in [0.1, 0.15) is 31.7 Å². The third kappa shape index (κ3) is 4.28. The summed E-state index contributed by atoms with van der Waals surface area (Å²) in [6.07, 6.45) is 3.36. The van der Waals surface area contributed by atoms with Crippen molar-refractivity contribution < 1.29 is 28.6 Å². The molecule has 0 amide bonds. The molecule has 4 atom stereocenters. The molecule has 6 heteroatoms. The molecular weight excluding hydrogens is 432 g/mol. The Morgan fingerprint density at radius 2 is 1.82 bits per heavy atom. The highest BCUT2D eigenvalue weighted by Gasteiger charge is 2.46. The van der Waals surface area contributed by atoms with Crippen LogP contribution in [-0.4, -0.2) is 36.2 Å². The molecule has 34 heavy (non-hydrogen) atoms. The van der Waals surface area contributed by atoms with Gasteiger partial charge in [-0.1, -0.05) is 54.6 Å². The molecular formula is C28H26O6. The first-order valence-corrected chi connectivity index (χ1v) is 11.5. The highest BCUT2D eigenvalue weighted by Crippen LogP contribution is 2.38. The number of carbonyl (C=O) groups excluding carboxylic acids is 3. The first-order valence-electron chi connectivity index (χ1n) is 11.5. The molecule has 0 radical (unpaired) electrons. The molecule has 174 valence electrons. The zero-order chi connectivity index (χ0) is 23.8. The van der Waals surface area contributed by atoms with Gasteiger partial charge in [-0.3, -0.25) is 4.79 Å². The van der Waals surface area contributed by atoms with Gasteiger partial charge in [-0.25, -0.2) is 9.59 Å². The molecule has 0 spiro atoms. The summed E-state index contributed by atoms with van der Waals surface area (Å²) in [7, 11) is 0. The van der Waals surface area contributed by atoms with Crippen molar-refractivity contribution in [3.63, 3.8) is 0 Å². The summed E-state index contributed by atoms with van der Waals surface area (Å²) in [5.74, 6) is -1.84. The van der Waals surface area contributed by atoms with Gasteiger partial charge >= 0.3 is 17.9 Å². The van der Waals surface area contributed by atoms with Crippen molar-refractivity contribution in [1.29, 1.82) is 0 Å². The average Bonchev–Trinajstić information content (AvgIpc) is 3.28. The van der Waals surface area contributed by atoms with Crippen LogP contribution in [0.5, 0.6) is 0 Å². The topological polar surface area (TPSA) is 78.9 Å². The molecule has 2 heterocycles. The Kier molecular flexibility index (Phi) is 5.82. The van der Waals surface area contributed by atoms with Crippen molar-refractivity contribution >= 4 is 28.7 Å². The molecule has 1 aliphatic carbocycles. The van der Waals surface area contributed by atoms with E-state index >= 15 is 0 Å². The lowest BCUT2D eigenvalue weighted by Gasteiger charge is -2.26. The Balaban J connectivity index is 1.36. The van der Waals surface area contributed by atoms with Gasteiger partial charge in [0, 0.05) is 30.4 Å². The number of hydrogen-bond acceptors (Lipinski definition) is 6. The van der Waals surface area contributed by atoms with Gasteiger partial charge in [-0.15, -0.1) is 0 Å². The average molecular weight is 459 g/mol. The summed E-state index contributed by atoms with van der Waals surface area (Å²) in [4.78, 5) is 37.6. The molecule has 0 aromatic heterocycles. The fraction of sp³-hybridized carbons (Fsp3) is 0.321. The van der Waals surface area contributed by atoms with E-state index in [4.69, 9.17) is 14.2 Å². The maximum absolute atomic E-state index is 13.0. The number of ether oxygens (including phenoxy) is 3. The lowest BCUT2D eigenvalue weighted by atomic mass is 9.85. The Morgan fingerprint density at radius 3 is 2.68 bits per heavy atom. The van der Waals surface area contributed by atoms with E-state index in [1.807, 2.05) is 55.5 Å². The van der Waals surface area contributed by atoms with Crippen LogP contribution in [0.3, 0.4) is 0 Å². The second kappa shape index (κ2) is 8.93. The van der Waals surface area contributed by atoms with Gasteiger partial charge < -0.3 is 14.2 Å². The summed E-state index contributed by atoms with van der Waals surface area (Å²) in [6.45, 7) is 5.80. The number of carbonyl (C=O) groups is 3. The van der Waals surface area contributed by atoms with Crippen LogP contribution in [0.25, 0.3) is 10.8 Å². The lowest BCUT2D eigenvalue weighted by molar-refractivity contribution is -0.150. The Morgan fingerprint density at radius 1 is 1.03 bits per heavy atom. The summed E-state index contributed by atoms with van der Waals surface area (Å²) >= 11 is 0. The van der Waals surface area contributed by atoms with Crippen molar-refractivity contribution in [3.8, 4) is 0 Å². The van der Waals surface area contributed by atoms with E-state index in [0.29, 0.717) is 18.4 Å². The molecule has 2 aliphatic heterocycles. The van der Waals surface area contributed by atoms with Crippen molar-refractivity contribution in [2.75, 3.05) is 0 Å². The van der Waals surface area contributed by atoms with Crippen molar-refractivity contribution in [2.45, 2.75) is 50.9 Å². The molecule has 3 aliphatic rings. The number of hydrogen-bond donors (Lipinski definition) is 0. The predicted molar refractivity (Wildman–Crippen MR) is 126 cm³/mol. The number of fused-ring (bicyclic) bond motifs is 3. The van der Waals surface area contributed by atoms with E-state index in [1.165, 1.54) is 0 Å². The monoisotopic (exact) mass is 458 g/mol. The second-order valence-electron chi connectivity index (χ2n) is 9.14. The third-order valence-electron chi connectivity index (χ3n) is 6.72. The summed E-state index contributed by atoms with van der Waals surface area (Å²) in [5.41, 5.74) is 2.71. The largest absolute Gasteiger partial charge is 0.458 e. The summed E-state index contributed by atoms with van der Waals surface area (Å²) in [6, 6.07) is 14.1. The van der Waals surface area contributed by atoms with Gasteiger partial charge in [-0.2, -0.15) is 0 Å². The highest BCUT2D eigenvalue weighted by molar-refractivity contribution is 5.93. The quantitative estimate of drug-likeness (QED) is 0.293. The smallest absolute Gasteiger partial charge is 0.334 e. The van der Waals surface area contributed by atoms with Gasteiger partial charge in [-0.05, 0) is 41.8 Å². The van der Waals surface area contributed by atoms with E-state index in [9.17, 15) is 14.4 Å². The normalized spacial score (nSPS) is 27.9. The number of benzene rings is 2. The second-order valence-corrected chi connectivity index (χ2v) is 9.14. The fourth-order valence-electron chi connectivity index (χ4n) is 5.07. The minimum atomic E-state index is -0.711. The van der Waals surface area contributed by atoms with Crippen LogP contribution in [0, 0.1) is 5.92 Å². The molecule has 2 aromatic carbocycles. The van der Waals surface area contributed by atoms with E-state index < -0.39 is 30.1 Å². The van der Waals surface area contributed by atoms with Crippen LogP contribution < -0.4 is 0 Å². The van der Waals surface area contributed by atoms with Crippen LogP contribution in [0.15, 0.2) is 77.9 Å². The van der Waals surface area contributed by atoms with Gasteiger partial charge in [0.1, 0.15) is 18.3 Å². The molecule has 2 aromatic rings. The van der Waals surface area contributed by atoms with Crippen LogP contribution in [0.4, 0.5) is 0 Å². The highest BCUT2D eigenvalue weighted by atomic mass is 16.6. The predicted octanol–water partition coefficient (Wildman–Crippen LogP) is 4.37. The molecule has 5 rings (SSSR count). The third-order valence-corrected chi connectivity index (χ3v) is 6.72. The maximum Gasteiger partial charge on any atom is 0.334 e. The Bertz CT molecular complexity index is 1250. The van der Waals surface area contributed by atoms with E-state index in [1.54, 1.807) is 6.08 Å². The first kappa shape index (κ1) is 22.1. The molecule has 0 unspecified atom stereocenters. The SMILES string of the molecule is C=C1C(=O)O[C@H]2CC3=C[C@@H](C/C(C)=C/[C@@H](OC(=O)CCc4cccc5ccccc45)[C@H]12)OC3=O. The molecule has 6 nitrogen and oxygen atoms in total.